The van der Waals surface area contributed by atoms with Crippen molar-refractivity contribution < 1.29 is 9.13 Å². The number of thioether (sulfide) groups is 1. The lowest BCUT2D eigenvalue weighted by Gasteiger charge is -2.29. The highest BCUT2D eigenvalue weighted by Gasteiger charge is 2.18. The molecule has 0 atom stereocenters. The summed E-state index contributed by atoms with van der Waals surface area (Å²) in [6.07, 6.45) is 0. The first-order valence-corrected chi connectivity index (χ1v) is 8.97. The number of halogens is 1. The van der Waals surface area contributed by atoms with Crippen LogP contribution >= 0.6 is 11.8 Å². The number of hydrogen-bond donors (Lipinski definition) is 0. The Bertz CT molecular complexity index is 788. The molecule has 0 aliphatic carbocycles. The van der Waals surface area contributed by atoms with E-state index >= 15 is 0 Å². The molecule has 1 fully saturated rings. The van der Waals surface area contributed by atoms with Crippen LogP contribution in [0.2, 0.25) is 0 Å². The number of methoxy groups -OCH3 is 1. The molecule has 0 spiro atoms. The Labute approximate surface area is 144 Å². The van der Waals surface area contributed by atoms with E-state index in [0.717, 1.165) is 24.6 Å². The summed E-state index contributed by atoms with van der Waals surface area (Å²) in [5, 5.41) is 0. The molecule has 5 nitrogen and oxygen atoms in total. The number of aromatic nitrogens is 2. The molecule has 1 aliphatic heterocycles. The van der Waals surface area contributed by atoms with Crippen molar-refractivity contribution in [3.8, 4) is 5.75 Å². The highest BCUT2D eigenvalue weighted by Crippen LogP contribution is 2.21. The fraction of sp³-hybridized carbons (Fsp3) is 0.412. The average Bonchev–Trinajstić information content (AvgIpc) is 2.58. The predicted octanol–water partition coefficient (Wildman–Crippen LogP) is 2.30. The van der Waals surface area contributed by atoms with Crippen LogP contribution in [-0.4, -0.2) is 41.3 Å². The Kier molecular flexibility index (Phi) is 5.08. The zero-order chi connectivity index (χ0) is 17.1. The van der Waals surface area contributed by atoms with Gasteiger partial charge in [0.2, 0.25) is 5.95 Å². The van der Waals surface area contributed by atoms with Gasteiger partial charge in [-0.3, -0.25) is 9.36 Å². The Balaban J connectivity index is 1.97. The molecule has 7 heteroatoms. The number of aryl methyl sites for hydroxylation is 1. The van der Waals surface area contributed by atoms with Gasteiger partial charge in [-0.25, -0.2) is 9.37 Å². The van der Waals surface area contributed by atoms with E-state index in [1.807, 2.05) is 18.7 Å². The molecule has 1 saturated heterocycles. The molecule has 0 unspecified atom stereocenters. The van der Waals surface area contributed by atoms with Crippen LogP contribution in [0.15, 0.2) is 29.1 Å². The van der Waals surface area contributed by atoms with E-state index in [2.05, 4.69) is 9.88 Å². The summed E-state index contributed by atoms with van der Waals surface area (Å²) in [4.78, 5) is 19.2. The summed E-state index contributed by atoms with van der Waals surface area (Å²) in [5.41, 5.74) is 1.28. The van der Waals surface area contributed by atoms with Crippen molar-refractivity contribution in [2.24, 2.45) is 0 Å². The number of benzene rings is 1. The first-order chi connectivity index (χ1) is 11.6. The molecule has 128 valence electrons. The van der Waals surface area contributed by atoms with Gasteiger partial charge in [-0.2, -0.15) is 11.8 Å². The minimum absolute atomic E-state index is 0.119. The van der Waals surface area contributed by atoms with Crippen LogP contribution in [0.25, 0.3) is 0 Å². The van der Waals surface area contributed by atoms with Crippen molar-refractivity contribution in [2.75, 3.05) is 36.6 Å². The highest BCUT2D eigenvalue weighted by atomic mass is 32.2. The summed E-state index contributed by atoms with van der Waals surface area (Å²) < 4.78 is 20.5. The zero-order valence-corrected chi connectivity index (χ0v) is 14.6. The predicted molar refractivity (Wildman–Crippen MR) is 94.8 cm³/mol. The summed E-state index contributed by atoms with van der Waals surface area (Å²) in [6, 6.07) is 6.27. The maximum atomic E-state index is 13.9. The Morgan fingerprint density at radius 3 is 2.71 bits per heavy atom. The molecule has 2 heterocycles. The first-order valence-electron chi connectivity index (χ1n) is 7.82. The van der Waals surface area contributed by atoms with Gasteiger partial charge in [0.1, 0.15) is 0 Å². The van der Waals surface area contributed by atoms with Gasteiger partial charge in [0.25, 0.3) is 5.56 Å². The lowest BCUT2D eigenvalue weighted by atomic mass is 10.2. The van der Waals surface area contributed by atoms with Crippen molar-refractivity contribution in [3.05, 3.63) is 51.7 Å². The molecule has 1 aliphatic rings. The molecule has 3 rings (SSSR count). The van der Waals surface area contributed by atoms with Gasteiger partial charge in [-0.05, 0) is 24.6 Å². The second kappa shape index (κ2) is 7.25. The van der Waals surface area contributed by atoms with E-state index in [-0.39, 0.29) is 17.9 Å². The monoisotopic (exact) mass is 349 g/mol. The largest absolute Gasteiger partial charge is 0.494 e. The van der Waals surface area contributed by atoms with Gasteiger partial charge < -0.3 is 9.64 Å². The Hall–Kier alpha value is -2.02. The van der Waals surface area contributed by atoms with Crippen LogP contribution < -0.4 is 15.2 Å². The second-order valence-corrected chi connectivity index (χ2v) is 6.91. The van der Waals surface area contributed by atoms with Crippen molar-refractivity contribution in [1.29, 1.82) is 0 Å². The van der Waals surface area contributed by atoms with Crippen LogP contribution in [0.1, 0.15) is 11.3 Å². The van der Waals surface area contributed by atoms with Crippen LogP contribution in [0.3, 0.4) is 0 Å². The van der Waals surface area contributed by atoms with Crippen LogP contribution in [0.4, 0.5) is 10.3 Å². The molecule has 0 N–H and O–H groups in total. The van der Waals surface area contributed by atoms with E-state index in [4.69, 9.17) is 4.74 Å². The van der Waals surface area contributed by atoms with E-state index in [0.29, 0.717) is 17.2 Å². The fourth-order valence-electron chi connectivity index (χ4n) is 2.75. The van der Waals surface area contributed by atoms with E-state index in [9.17, 15) is 9.18 Å². The summed E-state index contributed by atoms with van der Waals surface area (Å²) in [7, 11) is 1.43. The minimum Gasteiger partial charge on any atom is -0.494 e. The third-order valence-corrected chi connectivity index (χ3v) is 4.91. The Morgan fingerprint density at radius 1 is 1.29 bits per heavy atom. The Morgan fingerprint density at radius 2 is 2.04 bits per heavy atom. The normalized spacial score (nSPS) is 14.7. The number of anilines is 1. The van der Waals surface area contributed by atoms with Gasteiger partial charge >= 0.3 is 0 Å². The second-order valence-electron chi connectivity index (χ2n) is 5.69. The standard InChI is InChI=1S/C17H20FN3O2S/c1-12-9-16(22)21(17(19-12)20-5-7-24-8-6-20)11-13-3-4-15(23-2)14(18)10-13/h3-4,9-10H,5-8,11H2,1-2H3. The molecule has 1 aromatic heterocycles. The summed E-state index contributed by atoms with van der Waals surface area (Å²) in [5.74, 6) is 2.46. The summed E-state index contributed by atoms with van der Waals surface area (Å²) >= 11 is 1.90. The number of ether oxygens (including phenoxy) is 1. The smallest absolute Gasteiger partial charge is 0.255 e. The van der Waals surface area contributed by atoms with Crippen molar-refractivity contribution in [2.45, 2.75) is 13.5 Å². The molecule has 0 bridgehead atoms. The average molecular weight is 349 g/mol. The third kappa shape index (κ3) is 3.56. The van der Waals surface area contributed by atoms with Gasteiger partial charge in [-0.15, -0.1) is 0 Å². The van der Waals surface area contributed by atoms with Crippen molar-refractivity contribution >= 4 is 17.7 Å². The van der Waals surface area contributed by atoms with Gasteiger partial charge in [0, 0.05) is 36.4 Å². The zero-order valence-electron chi connectivity index (χ0n) is 13.8. The lowest BCUT2D eigenvalue weighted by Crippen LogP contribution is -2.38. The molecule has 0 radical (unpaired) electrons. The molecule has 2 aromatic rings. The quantitative estimate of drug-likeness (QED) is 0.848. The molecule has 0 amide bonds. The maximum absolute atomic E-state index is 13.9. The number of rotatable bonds is 4. The fourth-order valence-corrected chi connectivity index (χ4v) is 3.65. The van der Waals surface area contributed by atoms with Gasteiger partial charge in [0.05, 0.1) is 13.7 Å². The minimum atomic E-state index is -0.431. The first kappa shape index (κ1) is 16.8. The third-order valence-electron chi connectivity index (χ3n) is 3.97. The van der Waals surface area contributed by atoms with Crippen molar-refractivity contribution in [1.82, 2.24) is 9.55 Å². The van der Waals surface area contributed by atoms with Crippen LogP contribution in [0.5, 0.6) is 5.75 Å². The SMILES string of the molecule is COc1ccc(Cn2c(N3CCSCC3)nc(C)cc2=O)cc1F. The van der Waals surface area contributed by atoms with Gasteiger partial charge in [-0.1, -0.05) is 6.07 Å². The lowest BCUT2D eigenvalue weighted by molar-refractivity contribution is 0.386. The van der Waals surface area contributed by atoms with Crippen molar-refractivity contribution in [3.63, 3.8) is 0 Å². The van der Waals surface area contributed by atoms with E-state index in [1.165, 1.54) is 19.2 Å². The maximum Gasteiger partial charge on any atom is 0.255 e. The van der Waals surface area contributed by atoms with Crippen LogP contribution in [0, 0.1) is 12.7 Å². The highest BCUT2D eigenvalue weighted by molar-refractivity contribution is 7.99. The molecular weight excluding hydrogens is 329 g/mol. The number of nitrogens with zero attached hydrogens (tertiary/aromatic N) is 3. The molecule has 0 saturated carbocycles. The molecule has 24 heavy (non-hydrogen) atoms. The van der Waals surface area contributed by atoms with Crippen LogP contribution in [-0.2, 0) is 6.54 Å². The topological polar surface area (TPSA) is 47.4 Å². The molecular formula is C17H20FN3O2S. The molecule has 1 aromatic carbocycles. The number of hydrogen-bond acceptors (Lipinski definition) is 5. The van der Waals surface area contributed by atoms with E-state index < -0.39 is 5.82 Å². The van der Waals surface area contributed by atoms with E-state index in [1.54, 1.807) is 16.7 Å². The van der Waals surface area contributed by atoms with Gasteiger partial charge in [0.15, 0.2) is 11.6 Å². The summed E-state index contributed by atoms with van der Waals surface area (Å²) in [6.45, 7) is 3.82.